The molecule has 0 aliphatic carbocycles. The number of rotatable bonds is 8. The van der Waals surface area contributed by atoms with Crippen molar-refractivity contribution in [3.05, 3.63) is 110 Å². The standard InChI is InChI=1S/C31H27N3O7S/c1-6-14-33-21-11-9-8-10-20(21)25(28(33)36)27-29(37)34-26(19-12-13-22(41-18(4)35)23(16-19)39-5)24(30(38)40-15-7-2)17(3)32-31(34)42-27/h6-13,16,26H,1-2,14-15H2,3-5H3/b27-25-. The fourth-order valence-corrected chi connectivity index (χ4v) is 6.20. The van der Waals surface area contributed by atoms with Gasteiger partial charge in [-0.1, -0.05) is 54.3 Å². The molecule has 0 spiro atoms. The number of carbonyl (C=O) groups excluding carboxylic acids is 3. The van der Waals surface area contributed by atoms with Gasteiger partial charge in [0.25, 0.3) is 11.5 Å². The number of aromatic nitrogens is 1. The number of benzene rings is 2. The van der Waals surface area contributed by atoms with E-state index in [2.05, 4.69) is 18.2 Å². The van der Waals surface area contributed by atoms with Gasteiger partial charge in [-0.2, -0.15) is 0 Å². The van der Waals surface area contributed by atoms with Crippen molar-refractivity contribution >= 4 is 40.4 Å². The SMILES string of the molecule is C=CCOC(=O)C1=C(C)N=c2s/c(=C3\C(=O)N(CC=C)c4ccccc43)c(=O)n2C1c1ccc(OC(C)=O)c(OC)c1. The zero-order chi connectivity index (χ0) is 30.1. The van der Waals surface area contributed by atoms with Crippen LogP contribution in [0.25, 0.3) is 5.57 Å². The van der Waals surface area contributed by atoms with Crippen LogP contribution in [0.4, 0.5) is 5.69 Å². The fraction of sp³-hybridized carbons (Fsp3) is 0.194. The highest BCUT2D eigenvalue weighted by molar-refractivity contribution is 7.07. The predicted octanol–water partition coefficient (Wildman–Crippen LogP) is 2.80. The molecule has 3 aromatic rings. The average Bonchev–Trinajstić information content (AvgIpc) is 3.43. The van der Waals surface area contributed by atoms with Crippen LogP contribution in [0.3, 0.4) is 0 Å². The number of para-hydroxylation sites is 1. The Hall–Kier alpha value is -5.03. The topological polar surface area (TPSA) is 117 Å². The summed E-state index contributed by atoms with van der Waals surface area (Å²) in [6.45, 7) is 10.5. The van der Waals surface area contributed by atoms with Crippen molar-refractivity contribution in [2.75, 3.05) is 25.2 Å². The first-order valence-corrected chi connectivity index (χ1v) is 13.7. The van der Waals surface area contributed by atoms with E-state index in [1.54, 1.807) is 42.2 Å². The maximum atomic E-state index is 14.3. The molecule has 0 radical (unpaired) electrons. The molecule has 0 saturated heterocycles. The number of methoxy groups -OCH3 is 1. The van der Waals surface area contributed by atoms with Crippen molar-refractivity contribution in [1.29, 1.82) is 0 Å². The van der Waals surface area contributed by atoms with Crippen LogP contribution in [0.15, 0.2) is 88.8 Å². The van der Waals surface area contributed by atoms with Gasteiger partial charge in [0.05, 0.1) is 35.7 Å². The second-order valence-electron chi connectivity index (χ2n) is 9.39. The van der Waals surface area contributed by atoms with Gasteiger partial charge in [0.2, 0.25) is 0 Å². The summed E-state index contributed by atoms with van der Waals surface area (Å²) in [6, 6.07) is 11.0. The van der Waals surface area contributed by atoms with Crippen LogP contribution in [-0.2, 0) is 19.1 Å². The Morgan fingerprint density at radius 3 is 2.55 bits per heavy atom. The first-order chi connectivity index (χ1) is 20.2. The molecule has 2 aliphatic rings. The van der Waals surface area contributed by atoms with Crippen molar-refractivity contribution in [1.82, 2.24) is 4.57 Å². The molecule has 1 unspecified atom stereocenters. The highest BCUT2D eigenvalue weighted by Crippen LogP contribution is 2.37. The summed E-state index contributed by atoms with van der Waals surface area (Å²) in [6.07, 6.45) is 3.06. The van der Waals surface area contributed by atoms with Crippen LogP contribution in [0.5, 0.6) is 11.5 Å². The van der Waals surface area contributed by atoms with E-state index in [0.717, 1.165) is 11.3 Å². The molecule has 11 heteroatoms. The molecule has 3 heterocycles. The second-order valence-corrected chi connectivity index (χ2v) is 10.4. The summed E-state index contributed by atoms with van der Waals surface area (Å²) in [4.78, 5) is 59.4. The Balaban J connectivity index is 1.79. The van der Waals surface area contributed by atoms with Crippen LogP contribution >= 0.6 is 11.3 Å². The van der Waals surface area contributed by atoms with Crippen molar-refractivity contribution in [2.24, 2.45) is 4.99 Å². The molecule has 42 heavy (non-hydrogen) atoms. The zero-order valence-corrected chi connectivity index (χ0v) is 24.0. The Morgan fingerprint density at radius 1 is 1.10 bits per heavy atom. The number of hydrogen-bond acceptors (Lipinski definition) is 9. The summed E-state index contributed by atoms with van der Waals surface area (Å²) < 4.78 is 17.7. The number of esters is 2. The maximum Gasteiger partial charge on any atom is 0.338 e. The average molecular weight is 586 g/mol. The molecule has 1 atom stereocenters. The summed E-state index contributed by atoms with van der Waals surface area (Å²) in [7, 11) is 1.41. The minimum Gasteiger partial charge on any atom is -0.493 e. The monoisotopic (exact) mass is 585 g/mol. The van der Waals surface area contributed by atoms with Gasteiger partial charge >= 0.3 is 11.9 Å². The van der Waals surface area contributed by atoms with Crippen molar-refractivity contribution in [2.45, 2.75) is 19.9 Å². The first kappa shape index (κ1) is 28.5. The molecule has 2 aliphatic heterocycles. The molecule has 2 aromatic carbocycles. The van der Waals surface area contributed by atoms with E-state index in [-0.39, 0.29) is 46.2 Å². The van der Waals surface area contributed by atoms with Gasteiger partial charge in [0.1, 0.15) is 11.1 Å². The summed E-state index contributed by atoms with van der Waals surface area (Å²) in [5, 5.41) is 0. The van der Waals surface area contributed by atoms with Gasteiger partial charge in [0, 0.05) is 19.0 Å². The largest absolute Gasteiger partial charge is 0.493 e. The van der Waals surface area contributed by atoms with Gasteiger partial charge in [-0.3, -0.25) is 19.0 Å². The molecule has 5 rings (SSSR count). The third-order valence-electron chi connectivity index (χ3n) is 6.77. The Labute approximate surface area is 244 Å². The maximum absolute atomic E-state index is 14.3. The number of carbonyl (C=O) groups is 3. The molecule has 0 N–H and O–H groups in total. The minimum absolute atomic E-state index is 0.0456. The van der Waals surface area contributed by atoms with E-state index < -0.39 is 23.5 Å². The van der Waals surface area contributed by atoms with E-state index in [9.17, 15) is 19.2 Å². The van der Waals surface area contributed by atoms with Crippen LogP contribution < -0.4 is 29.3 Å². The van der Waals surface area contributed by atoms with Crippen molar-refractivity contribution < 1.29 is 28.6 Å². The number of allylic oxidation sites excluding steroid dienone is 1. The van der Waals surface area contributed by atoms with Gasteiger partial charge in [-0.15, -0.1) is 6.58 Å². The highest BCUT2D eigenvalue weighted by atomic mass is 32.1. The lowest BCUT2D eigenvalue weighted by Crippen LogP contribution is -2.41. The molecule has 0 fully saturated rings. The van der Waals surface area contributed by atoms with Crippen LogP contribution in [-0.4, -0.2) is 42.7 Å². The Morgan fingerprint density at radius 2 is 1.86 bits per heavy atom. The lowest BCUT2D eigenvalue weighted by molar-refractivity contribution is -0.138. The molecule has 1 aromatic heterocycles. The number of amides is 1. The van der Waals surface area contributed by atoms with Crippen LogP contribution in [0.2, 0.25) is 0 Å². The summed E-state index contributed by atoms with van der Waals surface area (Å²) in [5.41, 5.74) is 2.03. The van der Waals surface area contributed by atoms with E-state index in [1.807, 2.05) is 12.1 Å². The third kappa shape index (κ3) is 4.77. The van der Waals surface area contributed by atoms with Gasteiger partial charge in [-0.05, 0) is 30.7 Å². The van der Waals surface area contributed by atoms with E-state index in [4.69, 9.17) is 14.2 Å². The molecule has 0 saturated carbocycles. The molecule has 1 amide bonds. The molecule has 0 bridgehead atoms. The van der Waals surface area contributed by atoms with Crippen LogP contribution in [0.1, 0.15) is 31.0 Å². The molecule has 10 nitrogen and oxygen atoms in total. The molecular formula is C31H27N3O7S. The number of ether oxygens (including phenoxy) is 3. The van der Waals surface area contributed by atoms with Crippen LogP contribution in [0, 0.1) is 0 Å². The number of anilines is 1. The molecule has 214 valence electrons. The van der Waals surface area contributed by atoms with Gasteiger partial charge < -0.3 is 19.1 Å². The smallest absolute Gasteiger partial charge is 0.338 e. The summed E-state index contributed by atoms with van der Waals surface area (Å²) >= 11 is 1.07. The van der Waals surface area contributed by atoms with E-state index in [1.165, 1.54) is 30.7 Å². The Bertz CT molecular complexity index is 1880. The second kappa shape index (κ2) is 11.5. The van der Waals surface area contributed by atoms with Crippen molar-refractivity contribution in [3.8, 4) is 11.5 Å². The predicted molar refractivity (Wildman–Crippen MR) is 157 cm³/mol. The lowest BCUT2D eigenvalue weighted by atomic mass is 9.95. The number of nitrogens with zero attached hydrogens (tertiary/aromatic N) is 3. The minimum atomic E-state index is -0.982. The molecular weight excluding hydrogens is 558 g/mol. The lowest BCUT2D eigenvalue weighted by Gasteiger charge is -2.25. The first-order valence-electron chi connectivity index (χ1n) is 12.9. The highest BCUT2D eigenvalue weighted by Gasteiger charge is 2.37. The zero-order valence-electron chi connectivity index (χ0n) is 23.2. The normalized spacial score (nSPS) is 16.8. The number of fused-ring (bicyclic) bond motifs is 2. The van der Waals surface area contributed by atoms with Crippen molar-refractivity contribution in [3.63, 3.8) is 0 Å². The number of hydrogen-bond donors (Lipinski definition) is 0. The van der Waals surface area contributed by atoms with E-state index in [0.29, 0.717) is 27.3 Å². The quantitative estimate of drug-likeness (QED) is 0.227. The number of thiazole rings is 1. The Kier molecular flexibility index (Phi) is 7.77. The van der Waals surface area contributed by atoms with Gasteiger partial charge in [-0.25, -0.2) is 9.79 Å². The third-order valence-corrected chi connectivity index (χ3v) is 7.82. The summed E-state index contributed by atoms with van der Waals surface area (Å²) in [5.74, 6) is -1.14. The van der Waals surface area contributed by atoms with Gasteiger partial charge in [0.15, 0.2) is 16.3 Å². The fourth-order valence-electron chi connectivity index (χ4n) is 5.06. The van der Waals surface area contributed by atoms with E-state index >= 15 is 0 Å².